The summed E-state index contributed by atoms with van der Waals surface area (Å²) in [4.78, 5) is 10.7. The van der Waals surface area contributed by atoms with Crippen molar-refractivity contribution in [2.45, 2.75) is 30.9 Å². The molecule has 5 heteroatoms. The molecule has 0 aliphatic carbocycles. The van der Waals surface area contributed by atoms with Crippen LogP contribution in [0.1, 0.15) is 29.2 Å². The molecule has 2 bridgehead atoms. The van der Waals surface area contributed by atoms with E-state index in [1.54, 1.807) is 0 Å². The third-order valence-corrected chi connectivity index (χ3v) is 5.07. The Labute approximate surface area is 145 Å². The van der Waals surface area contributed by atoms with Gasteiger partial charge in [0.15, 0.2) is 12.0 Å². The van der Waals surface area contributed by atoms with Gasteiger partial charge in [0.05, 0.1) is 5.54 Å². The van der Waals surface area contributed by atoms with Crippen LogP contribution in [-0.4, -0.2) is 22.5 Å². The van der Waals surface area contributed by atoms with Crippen molar-refractivity contribution in [3.05, 3.63) is 82.9 Å². The van der Waals surface area contributed by atoms with E-state index in [-0.39, 0.29) is 0 Å². The van der Waals surface area contributed by atoms with E-state index in [0.29, 0.717) is 6.42 Å². The fourth-order valence-corrected chi connectivity index (χ4v) is 4.14. The van der Waals surface area contributed by atoms with Crippen LogP contribution in [0.4, 0.5) is 0 Å². The second-order valence-electron chi connectivity index (χ2n) is 6.66. The first-order valence-corrected chi connectivity index (χ1v) is 8.19. The molecule has 2 aliphatic heterocycles. The molecule has 2 aliphatic rings. The monoisotopic (exact) mass is 337 g/mol. The molecule has 0 fully saturated rings. The van der Waals surface area contributed by atoms with Crippen LogP contribution in [0.2, 0.25) is 0 Å². The van der Waals surface area contributed by atoms with Gasteiger partial charge < -0.3 is 14.9 Å². The Balaban J connectivity index is 1.82. The van der Waals surface area contributed by atoms with Gasteiger partial charge in [-0.15, -0.1) is 0 Å². The third-order valence-electron chi connectivity index (χ3n) is 5.07. The Kier molecular flexibility index (Phi) is 3.54. The maximum atomic E-state index is 10.7. The molecular weight excluding hydrogens is 318 g/mol. The van der Waals surface area contributed by atoms with Crippen LogP contribution in [0, 0.1) is 0 Å². The molecule has 0 aromatic heterocycles. The summed E-state index contributed by atoms with van der Waals surface area (Å²) in [6.45, 7) is 2.11. The second-order valence-corrected chi connectivity index (χ2v) is 6.66. The highest BCUT2D eigenvalue weighted by Gasteiger charge is 2.55. The maximum absolute atomic E-state index is 10.7. The quantitative estimate of drug-likeness (QED) is 0.589. The summed E-state index contributed by atoms with van der Waals surface area (Å²) in [6, 6.07) is 16.2. The number of aliphatic hydroxyl groups excluding tert-OH is 1. The summed E-state index contributed by atoms with van der Waals surface area (Å²) in [5, 5.41) is 22.5. The van der Waals surface area contributed by atoms with Gasteiger partial charge in [-0.2, -0.15) is 0 Å². The Morgan fingerprint density at radius 3 is 2.52 bits per heavy atom. The minimum absolute atomic E-state index is 0.429. The minimum atomic E-state index is -1.33. The van der Waals surface area contributed by atoms with Crippen molar-refractivity contribution in [2.75, 3.05) is 0 Å². The molecule has 0 saturated heterocycles. The number of rotatable bonds is 4. The molecule has 0 radical (unpaired) electrons. The standard InChI is InChI=1S/C20H19NO4/c1-19-14-7-3-2-6-13(14)12-20(21-19,16-9-5-4-8-15(16)19)25-18(24)11-10-17(22)23/h2-11,18,21,24H,12H2,1H3,(H,22,23)/b11-10-/t18?,19-,20-/m0/s1. The molecule has 0 saturated carbocycles. The molecule has 128 valence electrons. The van der Waals surface area contributed by atoms with Gasteiger partial charge in [0, 0.05) is 18.1 Å². The zero-order valence-electron chi connectivity index (χ0n) is 13.8. The molecule has 0 amide bonds. The van der Waals surface area contributed by atoms with E-state index in [1.807, 2.05) is 30.3 Å². The molecule has 3 atom stereocenters. The van der Waals surface area contributed by atoms with E-state index in [2.05, 4.69) is 30.4 Å². The Morgan fingerprint density at radius 2 is 1.80 bits per heavy atom. The van der Waals surface area contributed by atoms with Crippen molar-refractivity contribution in [3.8, 4) is 0 Å². The van der Waals surface area contributed by atoms with Crippen LogP contribution in [0.15, 0.2) is 60.7 Å². The Morgan fingerprint density at radius 1 is 1.16 bits per heavy atom. The third kappa shape index (κ3) is 2.40. The average Bonchev–Trinajstić information content (AvgIpc) is 2.79. The molecular formula is C20H19NO4. The largest absolute Gasteiger partial charge is 0.478 e. The first kappa shape index (κ1) is 16.0. The van der Waals surface area contributed by atoms with Crippen molar-refractivity contribution < 1.29 is 19.7 Å². The molecule has 0 spiro atoms. The summed E-state index contributed by atoms with van der Waals surface area (Å²) in [5.41, 5.74) is 3.08. The molecule has 4 rings (SSSR count). The van der Waals surface area contributed by atoms with Crippen molar-refractivity contribution in [1.29, 1.82) is 0 Å². The topological polar surface area (TPSA) is 78.8 Å². The first-order chi connectivity index (χ1) is 11.9. The predicted octanol–water partition coefficient (Wildman–Crippen LogP) is 2.24. The summed E-state index contributed by atoms with van der Waals surface area (Å²) in [5.74, 6) is -1.13. The number of carboxylic acid groups (broad SMARTS) is 1. The first-order valence-electron chi connectivity index (χ1n) is 8.19. The van der Waals surface area contributed by atoms with Gasteiger partial charge >= 0.3 is 5.97 Å². The summed E-state index contributed by atoms with van der Waals surface area (Å²) in [7, 11) is 0. The number of carbonyl (C=O) groups is 1. The molecule has 1 unspecified atom stereocenters. The van der Waals surface area contributed by atoms with E-state index in [4.69, 9.17) is 9.84 Å². The van der Waals surface area contributed by atoms with Gasteiger partial charge in [-0.3, -0.25) is 5.32 Å². The van der Waals surface area contributed by atoms with Crippen LogP contribution < -0.4 is 5.32 Å². The zero-order valence-corrected chi connectivity index (χ0v) is 13.8. The number of hydrogen-bond donors (Lipinski definition) is 3. The van der Waals surface area contributed by atoms with Crippen molar-refractivity contribution >= 4 is 5.97 Å². The highest BCUT2D eigenvalue weighted by molar-refractivity contribution is 5.79. The van der Waals surface area contributed by atoms with Gasteiger partial charge in [-0.25, -0.2) is 4.79 Å². The van der Waals surface area contributed by atoms with Crippen molar-refractivity contribution in [3.63, 3.8) is 0 Å². The number of aliphatic carboxylic acids is 1. The maximum Gasteiger partial charge on any atom is 0.328 e. The number of ether oxygens (including phenoxy) is 1. The number of nitrogens with one attached hydrogen (secondary N) is 1. The van der Waals surface area contributed by atoms with Crippen molar-refractivity contribution in [2.24, 2.45) is 0 Å². The number of aliphatic hydroxyl groups is 1. The lowest BCUT2D eigenvalue weighted by Gasteiger charge is -2.41. The lowest BCUT2D eigenvalue weighted by atomic mass is 9.82. The molecule has 2 aromatic rings. The van der Waals surface area contributed by atoms with Gasteiger partial charge in [0.2, 0.25) is 0 Å². The van der Waals surface area contributed by atoms with Crippen LogP contribution in [0.5, 0.6) is 0 Å². The van der Waals surface area contributed by atoms with E-state index in [0.717, 1.165) is 28.8 Å². The Bertz CT molecular complexity index is 878. The Hall–Kier alpha value is -2.47. The lowest BCUT2D eigenvalue weighted by molar-refractivity contribution is -0.185. The van der Waals surface area contributed by atoms with E-state index in [9.17, 15) is 9.90 Å². The highest BCUT2D eigenvalue weighted by Crippen LogP contribution is 2.52. The van der Waals surface area contributed by atoms with Crippen LogP contribution in [0.3, 0.4) is 0 Å². The normalized spacial score (nSPS) is 27.8. The molecule has 25 heavy (non-hydrogen) atoms. The molecule has 3 N–H and O–H groups in total. The zero-order chi connectivity index (χ0) is 17.7. The van der Waals surface area contributed by atoms with Gasteiger partial charge in [-0.1, -0.05) is 48.5 Å². The van der Waals surface area contributed by atoms with Gasteiger partial charge in [-0.05, 0) is 29.7 Å². The lowest BCUT2D eigenvalue weighted by Crippen LogP contribution is -2.54. The number of benzene rings is 2. The second kappa shape index (κ2) is 5.52. The highest BCUT2D eigenvalue weighted by atomic mass is 16.6. The fourth-order valence-electron chi connectivity index (χ4n) is 4.14. The van der Waals surface area contributed by atoms with E-state index in [1.165, 1.54) is 5.56 Å². The van der Waals surface area contributed by atoms with Gasteiger partial charge in [0.1, 0.15) is 0 Å². The van der Waals surface area contributed by atoms with E-state index < -0.39 is 23.5 Å². The SMILES string of the molecule is C[C@]12N[C@](OC(O)/C=C\C(=O)O)(Cc3ccccc31)c1ccccc12. The van der Waals surface area contributed by atoms with Crippen LogP contribution >= 0.6 is 0 Å². The number of fused-ring (bicyclic) bond motifs is 7. The molecule has 2 heterocycles. The molecule has 2 aromatic carbocycles. The summed E-state index contributed by atoms with van der Waals surface area (Å²) >= 11 is 0. The average molecular weight is 337 g/mol. The summed E-state index contributed by atoms with van der Waals surface area (Å²) in [6.07, 6.45) is 1.24. The van der Waals surface area contributed by atoms with Crippen LogP contribution in [-0.2, 0) is 27.2 Å². The number of carboxylic acids is 1. The minimum Gasteiger partial charge on any atom is -0.478 e. The van der Waals surface area contributed by atoms with Crippen molar-refractivity contribution in [1.82, 2.24) is 5.32 Å². The predicted molar refractivity (Wildman–Crippen MR) is 91.7 cm³/mol. The fraction of sp³-hybridized carbons (Fsp3) is 0.250. The van der Waals surface area contributed by atoms with E-state index >= 15 is 0 Å². The summed E-state index contributed by atoms with van der Waals surface area (Å²) < 4.78 is 5.96. The molecule has 5 nitrogen and oxygen atoms in total. The number of hydrogen-bond acceptors (Lipinski definition) is 4. The van der Waals surface area contributed by atoms with Gasteiger partial charge in [0.25, 0.3) is 0 Å². The van der Waals surface area contributed by atoms with Crippen LogP contribution in [0.25, 0.3) is 0 Å². The smallest absolute Gasteiger partial charge is 0.328 e.